The summed E-state index contributed by atoms with van der Waals surface area (Å²) in [6.45, 7) is 6.49. The Kier molecular flexibility index (Phi) is 24.1. The zero-order chi connectivity index (χ0) is 14.0. The Morgan fingerprint density at radius 2 is 0.750 bits per heavy atom. The van der Waals surface area contributed by atoms with Crippen molar-refractivity contribution in [3.63, 3.8) is 0 Å². The van der Waals surface area contributed by atoms with Crippen LogP contribution in [0, 0.1) is 0 Å². The summed E-state index contributed by atoms with van der Waals surface area (Å²) in [5.41, 5.74) is 0. The van der Waals surface area contributed by atoms with E-state index in [2.05, 4.69) is 13.8 Å². The average molecular weight is 303 g/mol. The van der Waals surface area contributed by atoms with Crippen LogP contribution in [0.3, 0.4) is 0 Å². The highest BCUT2D eigenvalue weighted by molar-refractivity contribution is 5.75. The summed E-state index contributed by atoms with van der Waals surface area (Å²) in [6, 6.07) is 0. The molecule has 0 rings (SSSR count). The van der Waals surface area contributed by atoms with Crippen LogP contribution in [-0.2, 0) is 4.74 Å². The monoisotopic (exact) mass is 302 g/mol. The Labute approximate surface area is 133 Å². The van der Waals surface area contributed by atoms with Gasteiger partial charge in [0.15, 0.2) is 0 Å². The molecule has 0 atom stereocenters. The highest BCUT2D eigenvalue weighted by Gasteiger charge is 1.93. The van der Waals surface area contributed by atoms with Crippen molar-refractivity contribution in [3.05, 3.63) is 0 Å². The molecule has 0 bridgehead atoms. The third-order valence-corrected chi connectivity index (χ3v) is 3.78. The standard InChI is InChI=1S/C18H38O.H4Si/c1-3-5-7-8-9-10-11-12-13-14-16-18-19-17-15-6-4-2;/h3-18H2,1-2H3;1H4. The maximum Gasteiger partial charge on any atom is 0.0466 e. The summed E-state index contributed by atoms with van der Waals surface area (Å²) in [5, 5.41) is 0. The third kappa shape index (κ3) is 20.5. The van der Waals surface area contributed by atoms with Gasteiger partial charge >= 0.3 is 0 Å². The van der Waals surface area contributed by atoms with E-state index in [-0.39, 0.29) is 11.0 Å². The summed E-state index contributed by atoms with van der Waals surface area (Å²) in [7, 11) is 0. The molecule has 0 N–H and O–H groups in total. The SMILES string of the molecule is CCCCCCCCCCCCCOCCCCC.[SiH4]. The molecule has 0 aliphatic heterocycles. The first-order chi connectivity index (χ1) is 9.41. The van der Waals surface area contributed by atoms with Crippen molar-refractivity contribution in [2.75, 3.05) is 13.2 Å². The molecule has 0 fully saturated rings. The van der Waals surface area contributed by atoms with Crippen LogP contribution in [0.15, 0.2) is 0 Å². The molecule has 0 aliphatic rings. The molecule has 0 saturated heterocycles. The van der Waals surface area contributed by atoms with Crippen LogP contribution in [-0.4, -0.2) is 24.2 Å². The largest absolute Gasteiger partial charge is 0.381 e. The summed E-state index contributed by atoms with van der Waals surface area (Å²) in [5.74, 6) is 0. The Bertz CT molecular complexity index is 134. The summed E-state index contributed by atoms with van der Waals surface area (Å²) in [6.07, 6.45) is 19.4. The van der Waals surface area contributed by atoms with Crippen molar-refractivity contribution in [1.82, 2.24) is 0 Å². The van der Waals surface area contributed by atoms with E-state index in [4.69, 9.17) is 4.74 Å². The second-order valence-electron chi connectivity index (χ2n) is 5.86. The topological polar surface area (TPSA) is 9.23 Å². The fourth-order valence-corrected chi connectivity index (χ4v) is 2.42. The maximum absolute atomic E-state index is 5.62. The van der Waals surface area contributed by atoms with E-state index in [1.165, 1.54) is 89.9 Å². The molecule has 0 heterocycles. The second kappa shape index (κ2) is 21.5. The Morgan fingerprint density at radius 1 is 0.450 bits per heavy atom. The molecule has 20 heavy (non-hydrogen) atoms. The Morgan fingerprint density at radius 3 is 1.20 bits per heavy atom. The molecule has 0 aromatic carbocycles. The van der Waals surface area contributed by atoms with Crippen LogP contribution in [0.1, 0.15) is 104 Å². The Hall–Kier alpha value is 0.177. The van der Waals surface area contributed by atoms with E-state index in [0.717, 1.165) is 13.2 Å². The average Bonchev–Trinajstić information content (AvgIpc) is 2.43. The van der Waals surface area contributed by atoms with Crippen LogP contribution >= 0.6 is 0 Å². The number of rotatable bonds is 16. The highest BCUT2D eigenvalue weighted by atomic mass is 28.1. The first-order valence-corrected chi connectivity index (χ1v) is 8.99. The van der Waals surface area contributed by atoms with Gasteiger partial charge < -0.3 is 4.74 Å². The lowest BCUT2D eigenvalue weighted by Crippen LogP contribution is -1.96. The van der Waals surface area contributed by atoms with Gasteiger partial charge in [0.25, 0.3) is 0 Å². The van der Waals surface area contributed by atoms with Crippen LogP contribution in [0.2, 0.25) is 0 Å². The summed E-state index contributed by atoms with van der Waals surface area (Å²) < 4.78 is 5.62. The van der Waals surface area contributed by atoms with Gasteiger partial charge in [0.05, 0.1) is 0 Å². The number of hydrogen-bond acceptors (Lipinski definition) is 1. The molecule has 0 saturated carbocycles. The van der Waals surface area contributed by atoms with Gasteiger partial charge in [-0.1, -0.05) is 90.9 Å². The quantitative estimate of drug-likeness (QED) is 0.286. The Balaban J connectivity index is 0. The predicted molar refractivity (Wildman–Crippen MR) is 98.1 cm³/mol. The minimum Gasteiger partial charge on any atom is -0.381 e. The van der Waals surface area contributed by atoms with Crippen LogP contribution in [0.25, 0.3) is 0 Å². The van der Waals surface area contributed by atoms with Crippen LogP contribution in [0.5, 0.6) is 0 Å². The van der Waals surface area contributed by atoms with Gasteiger partial charge in [0.2, 0.25) is 0 Å². The zero-order valence-electron chi connectivity index (χ0n) is 13.7. The van der Waals surface area contributed by atoms with Gasteiger partial charge in [-0.05, 0) is 23.8 Å². The second-order valence-corrected chi connectivity index (χ2v) is 5.86. The van der Waals surface area contributed by atoms with Crippen LogP contribution in [0.4, 0.5) is 0 Å². The fourth-order valence-electron chi connectivity index (χ4n) is 2.42. The van der Waals surface area contributed by atoms with E-state index < -0.39 is 0 Å². The number of hydrogen-bond donors (Lipinski definition) is 0. The van der Waals surface area contributed by atoms with Crippen LogP contribution < -0.4 is 0 Å². The van der Waals surface area contributed by atoms with E-state index in [0.29, 0.717) is 0 Å². The van der Waals surface area contributed by atoms with Crippen molar-refractivity contribution in [2.24, 2.45) is 0 Å². The maximum atomic E-state index is 5.62. The fraction of sp³-hybridized carbons (Fsp3) is 1.00. The molecule has 1 nitrogen and oxygen atoms in total. The van der Waals surface area contributed by atoms with E-state index in [1.807, 2.05) is 0 Å². The van der Waals surface area contributed by atoms with E-state index >= 15 is 0 Å². The molecule has 124 valence electrons. The molecule has 0 spiro atoms. The van der Waals surface area contributed by atoms with Gasteiger partial charge in [0, 0.05) is 13.2 Å². The molecule has 0 amide bonds. The van der Waals surface area contributed by atoms with E-state index in [1.54, 1.807) is 0 Å². The molecule has 0 aromatic heterocycles. The van der Waals surface area contributed by atoms with Crippen molar-refractivity contribution in [3.8, 4) is 0 Å². The number of ether oxygens (including phenoxy) is 1. The third-order valence-electron chi connectivity index (χ3n) is 3.78. The smallest absolute Gasteiger partial charge is 0.0466 e. The first kappa shape index (κ1) is 22.5. The molecule has 0 radical (unpaired) electrons. The van der Waals surface area contributed by atoms with Crippen molar-refractivity contribution in [1.29, 1.82) is 0 Å². The lowest BCUT2D eigenvalue weighted by atomic mass is 10.1. The van der Waals surface area contributed by atoms with Crippen molar-refractivity contribution in [2.45, 2.75) is 104 Å². The van der Waals surface area contributed by atoms with Gasteiger partial charge in [-0.25, -0.2) is 0 Å². The van der Waals surface area contributed by atoms with Gasteiger partial charge in [-0.15, -0.1) is 0 Å². The molecule has 0 aromatic rings. The van der Waals surface area contributed by atoms with Crippen molar-refractivity contribution < 1.29 is 4.74 Å². The minimum absolute atomic E-state index is 0. The lowest BCUT2D eigenvalue weighted by Gasteiger charge is -2.04. The zero-order valence-corrected chi connectivity index (χ0v) is 13.7. The van der Waals surface area contributed by atoms with Gasteiger partial charge in [-0.2, -0.15) is 0 Å². The minimum atomic E-state index is 0. The number of unbranched alkanes of at least 4 members (excludes halogenated alkanes) is 12. The van der Waals surface area contributed by atoms with Gasteiger partial charge in [-0.3, -0.25) is 0 Å². The molecule has 0 unspecified atom stereocenters. The normalized spacial score (nSPS) is 10.5. The molecule has 0 aliphatic carbocycles. The molecule has 2 heteroatoms. The first-order valence-electron chi connectivity index (χ1n) is 8.99. The van der Waals surface area contributed by atoms with Crippen molar-refractivity contribution >= 4 is 11.0 Å². The van der Waals surface area contributed by atoms with E-state index in [9.17, 15) is 0 Å². The lowest BCUT2D eigenvalue weighted by molar-refractivity contribution is 0.126. The molecular weight excluding hydrogens is 260 g/mol. The highest BCUT2D eigenvalue weighted by Crippen LogP contribution is 2.11. The van der Waals surface area contributed by atoms with Gasteiger partial charge in [0.1, 0.15) is 0 Å². The predicted octanol–water partition coefficient (Wildman–Crippen LogP) is 5.05. The summed E-state index contributed by atoms with van der Waals surface area (Å²) in [4.78, 5) is 0. The summed E-state index contributed by atoms with van der Waals surface area (Å²) >= 11 is 0. The molecular formula is C18H42OSi.